The summed E-state index contributed by atoms with van der Waals surface area (Å²) < 4.78 is 0. The van der Waals surface area contributed by atoms with Gasteiger partial charge in [0.05, 0.1) is 6.04 Å². The van der Waals surface area contributed by atoms with Gasteiger partial charge in [-0.2, -0.15) is 0 Å². The van der Waals surface area contributed by atoms with E-state index in [0.717, 1.165) is 38.5 Å². The smallest absolute Gasteiger partial charge is 0.315 e. The van der Waals surface area contributed by atoms with Crippen LogP contribution in [0.15, 0.2) is 0 Å². The summed E-state index contributed by atoms with van der Waals surface area (Å²) in [5.74, 6) is -2.24. The van der Waals surface area contributed by atoms with Crippen molar-refractivity contribution in [3.63, 3.8) is 0 Å². The lowest BCUT2D eigenvalue weighted by atomic mass is 9.85. The van der Waals surface area contributed by atoms with Gasteiger partial charge >= 0.3 is 6.03 Å². The second-order valence-corrected chi connectivity index (χ2v) is 13.6. The fourth-order valence-electron chi connectivity index (χ4n) is 6.58. The number of fused-ring (bicyclic) bond motifs is 1. The molecule has 0 radical (unpaired) electrons. The molecule has 0 aromatic carbocycles. The zero-order chi connectivity index (χ0) is 28.0. The van der Waals surface area contributed by atoms with Gasteiger partial charge in [0, 0.05) is 12.6 Å². The Labute approximate surface area is 225 Å². The monoisotopic (exact) mass is 531 g/mol. The molecule has 2 unspecified atom stereocenters. The molecule has 3 aliphatic carbocycles. The van der Waals surface area contributed by atoms with Crippen molar-refractivity contribution in [2.24, 2.45) is 34.3 Å². The van der Waals surface area contributed by atoms with E-state index in [1.165, 1.54) is 6.42 Å². The van der Waals surface area contributed by atoms with E-state index in [4.69, 9.17) is 5.73 Å². The molecule has 10 nitrogen and oxygen atoms in total. The number of nitrogens with one attached hydrogen (secondary N) is 3. The molecule has 1 heterocycles. The second-order valence-electron chi connectivity index (χ2n) is 13.6. The number of hydrogen-bond acceptors (Lipinski definition) is 5. The highest BCUT2D eigenvalue weighted by atomic mass is 16.2. The fraction of sp³-hybridized carbons (Fsp3) is 0.821. The third kappa shape index (κ3) is 5.99. The van der Waals surface area contributed by atoms with Crippen LogP contribution in [0.4, 0.5) is 4.79 Å². The maximum Gasteiger partial charge on any atom is 0.315 e. The van der Waals surface area contributed by atoms with Crippen molar-refractivity contribution in [1.29, 1.82) is 0 Å². The Morgan fingerprint density at radius 1 is 0.974 bits per heavy atom. The van der Waals surface area contributed by atoms with Gasteiger partial charge in [-0.3, -0.25) is 19.2 Å². The van der Waals surface area contributed by atoms with E-state index in [-0.39, 0.29) is 41.1 Å². The zero-order valence-electron chi connectivity index (χ0n) is 23.5. The number of hydrogen-bond donors (Lipinski definition) is 4. The molecule has 4 aliphatic rings. The molecule has 4 rings (SSSR count). The molecular weight excluding hydrogens is 486 g/mol. The summed E-state index contributed by atoms with van der Waals surface area (Å²) in [6.07, 6.45) is 7.47. The number of rotatable bonds is 9. The van der Waals surface area contributed by atoms with Gasteiger partial charge in [-0.15, -0.1) is 0 Å². The maximum atomic E-state index is 14.0. The lowest BCUT2D eigenvalue weighted by molar-refractivity contribution is -0.145. The quantitative estimate of drug-likeness (QED) is 0.335. The van der Waals surface area contributed by atoms with E-state index < -0.39 is 41.1 Å². The molecule has 38 heavy (non-hydrogen) atoms. The first kappa shape index (κ1) is 28.4. The first-order valence-electron chi connectivity index (χ1n) is 14.2. The van der Waals surface area contributed by atoms with Crippen molar-refractivity contribution < 1.29 is 24.0 Å². The van der Waals surface area contributed by atoms with Crippen LogP contribution in [0.2, 0.25) is 0 Å². The molecule has 5 atom stereocenters. The molecule has 1 saturated heterocycles. The van der Waals surface area contributed by atoms with Crippen LogP contribution in [-0.2, 0) is 19.2 Å². The minimum atomic E-state index is -1.07. The van der Waals surface area contributed by atoms with Gasteiger partial charge in [-0.25, -0.2) is 4.79 Å². The zero-order valence-corrected chi connectivity index (χ0v) is 23.5. The summed E-state index contributed by atoms with van der Waals surface area (Å²) in [6.45, 7) is 10.2. The summed E-state index contributed by atoms with van der Waals surface area (Å²) in [5, 5.41) is 8.72. The van der Waals surface area contributed by atoms with Crippen molar-refractivity contribution in [3.8, 4) is 0 Å². The average Bonchev–Trinajstić information content (AvgIpc) is 3.68. The molecule has 5 N–H and O–H groups in total. The van der Waals surface area contributed by atoms with Crippen LogP contribution in [0.5, 0.6) is 0 Å². The fourth-order valence-corrected chi connectivity index (χ4v) is 6.58. The van der Waals surface area contributed by atoms with Gasteiger partial charge in [-0.1, -0.05) is 66.7 Å². The first-order chi connectivity index (χ1) is 17.7. The highest BCUT2D eigenvalue weighted by Crippen LogP contribution is 2.65. The van der Waals surface area contributed by atoms with Crippen molar-refractivity contribution in [2.75, 3.05) is 6.54 Å². The minimum absolute atomic E-state index is 0.0617. The minimum Gasteiger partial charge on any atom is -0.363 e. The molecule has 0 spiro atoms. The van der Waals surface area contributed by atoms with Crippen LogP contribution in [0, 0.1) is 28.6 Å². The normalized spacial score (nSPS) is 28.0. The summed E-state index contributed by atoms with van der Waals surface area (Å²) >= 11 is 0. The van der Waals surface area contributed by atoms with Crippen LogP contribution in [-0.4, -0.2) is 65.1 Å². The van der Waals surface area contributed by atoms with Gasteiger partial charge in [0.15, 0.2) is 0 Å². The number of piperidine rings is 1. The third-order valence-corrected chi connectivity index (χ3v) is 9.23. The Morgan fingerprint density at radius 3 is 2.16 bits per heavy atom. The molecule has 0 bridgehead atoms. The third-order valence-electron chi connectivity index (χ3n) is 9.23. The molecular formula is C28H45N5O5. The van der Waals surface area contributed by atoms with Gasteiger partial charge in [0.2, 0.25) is 17.6 Å². The van der Waals surface area contributed by atoms with Crippen LogP contribution in [0.25, 0.3) is 0 Å². The SMILES string of the molecule is CC(C)(C)[C@H](NC(=O)NC1CCCCC1)C(=O)N1CC2[C@@H]([C@H]1C(=O)NC(CC1CC1)C(=O)C(N)=O)C2(C)C. The number of urea groups is 1. The number of amides is 5. The summed E-state index contributed by atoms with van der Waals surface area (Å²) in [7, 11) is 0. The number of nitrogens with zero attached hydrogens (tertiary/aromatic N) is 1. The lowest BCUT2D eigenvalue weighted by Crippen LogP contribution is -2.61. The molecule has 10 heteroatoms. The Balaban J connectivity index is 1.50. The van der Waals surface area contributed by atoms with E-state index >= 15 is 0 Å². The van der Waals surface area contributed by atoms with Crippen molar-refractivity contribution in [2.45, 2.75) is 110 Å². The second kappa shape index (κ2) is 10.5. The molecule has 212 valence electrons. The van der Waals surface area contributed by atoms with E-state index in [1.807, 2.05) is 20.8 Å². The Morgan fingerprint density at radius 2 is 1.61 bits per heavy atom. The molecule has 0 aromatic heterocycles. The van der Waals surface area contributed by atoms with Gasteiger partial charge in [0.25, 0.3) is 5.91 Å². The van der Waals surface area contributed by atoms with Crippen LogP contribution in [0.1, 0.15) is 86.0 Å². The Hall–Kier alpha value is -2.65. The largest absolute Gasteiger partial charge is 0.363 e. The number of carbonyl (C=O) groups excluding carboxylic acids is 5. The van der Waals surface area contributed by atoms with Gasteiger partial charge < -0.3 is 26.6 Å². The summed E-state index contributed by atoms with van der Waals surface area (Å²) in [6, 6.07) is -2.87. The van der Waals surface area contributed by atoms with Gasteiger partial charge in [-0.05, 0) is 47.8 Å². The van der Waals surface area contributed by atoms with Crippen LogP contribution < -0.4 is 21.7 Å². The number of primary amides is 1. The molecule has 5 amide bonds. The van der Waals surface area contributed by atoms with Crippen LogP contribution >= 0.6 is 0 Å². The number of Topliss-reactive ketones (excluding diaryl/α,β-unsaturated/α-hetero) is 1. The van der Waals surface area contributed by atoms with Crippen LogP contribution in [0.3, 0.4) is 0 Å². The highest BCUT2D eigenvalue weighted by molar-refractivity contribution is 6.37. The molecule has 1 aliphatic heterocycles. The number of likely N-dealkylation sites (tertiary alicyclic amines) is 1. The molecule has 3 saturated carbocycles. The molecule has 4 fully saturated rings. The number of carbonyl (C=O) groups is 5. The van der Waals surface area contributed by atoms with E-state index in [9.17, 15) is 24.0 Å². The Bertz CT molecular complexity index is 979. The number of ketones is 1. The number of nitrogens with two attached hydrogens (primary N) is 1. The van der Waals surface area contributed by atoms with Crippen molar-refractivity contribution >= 4 is 29.5 Å². The predicted octanol–water partition coefficient (Wildman–Crippen LogP) is 1.86. The average molecular weight is 532 g/mol. The summed E-state index contributed by atoms with van der Waals surface area (Å²) in [5.41, 5.74) is 4.55. The summed E-state index contributed by atoms with van der Waals surface area (Å²) in [4.78, 5) is 66.3. The Kier molecular flexibility index (Phi) is 7.83. The highest BCUT2D eigenvalue weighted by Gasteiger charge is 2.70. The van der Waals surface area contributed by atoms with E-state index in [0.29, 0.717) is 13.0 Å². The molecule has 0 aromatic rings. The van der Waals surface area contributed by atoms with E-state index in [1.54, 1.807) is 4.90 Å². The lowest BCUT2D eigenvalue weighted by Gasteiger charge is -2.38. The first-order valence-corrected chi connectivity index (χ1v) is 14.2. The van der Waals surface area contributed by atoms with Crippen molar-refractivity contribution in [3.05, 3.63) is 0 Å². The van der Waals surface area contributed by atoms with E-state index in [2.05, 4.69) is 29.8 Å². The van der Waals surface area contributed by atoms with Crippen molar-refractivity contribution in [1.82, 2.24) is 20.9 Å². The topological polar surface area (TPSA) is 151 Å². The van der Waals surface area contributed by atoms with Gasteiger partial charge in [0.1, 0.15) is 12.1 Å². The standard InChI is InChI=1S/C28H45N5O5/c1-27(2,3)22(32-26(38)30-16-9-7-6-8-10-16)25(37)33-14-17-19(28(17,4)5)20(33)24(36)31-18(13-15-11-12-15)21(34)23(29)35/h15-20,22H,6-14H2,1-5H3,(H2,29,35)(H,31,36)(H2,30,32,38)/t17?,18?,19-,20-,22+/m0/s1. The maximum absolute atomic E-state index is 14.0. The predicted molar refractivity (Wildman–Crippen MR) is 142 cm³/mol.